The number of carbonyl (C=O) groups excluding carboxylic acids is 2. The number of nitrogens with zero attached hydrogens (tertiary/aromatic N) is 1. The first-order chi connectivity index (χ1) is 18.6. The minimum Gasteiger partial charge on any atom is -0.462 e. The lowest BCUT2D eigenvalue weighted by Crippen LogP contribution is -2.15. The van der Waals surface area contributed by atoms with Gasteiger partial charge in [0.1, 0.15) is 5.69 Å². The Hall–Kier alpha value is -4.36. The molecule has 0 N–H and O–H groups in total. The van der Waals surface area contributed by atoms with Crippen LogP contribution in [0.4, 0.5) is 0 Å². The molecule has 0 aliphatic carbocycles. The van der Waals surface area contributed by atoms with Gasteiger partial charge in [-0.05, 0) is 49.2 Å². The van der Waals surface area contributed by atoms with Gasteiger partial charge < -0.3 is 9.30 Å². The van der Waals surface area contributed by atoms with E-state index in [9.17, 15) is 9.59 Å². The van der Waals surface area contributed by atoms with Gasteiger partial charge in [0, 0.05) is 23.2 Å². The van der Waals surface area contributed by atoms with Crippen molar-refractivity contribution in [3.8, 4) is 28.8 Å². The van der Waals surface area contributed by atoms with E-state index >= 15 is 0 Å². The fourth-order valence-electron chi connectivity index (χ4n) is 4.41. The highest BCUT2D eigenvalue weighted by Gasteiger charge is 2.28. The van der Waals surface area contributed by atoms with Crippen LogP contribution in [0.1, 0.15) is 77.9 Å². The number of esters is 1. The first kappa shape index (κ1) is 26.7. The van der Waals surface area contributed by atoms with Gasteiger partial charge in [-0.1, -0.05) is 98.7 Å². The third-order valence-electron chi connectivity index (χ3n) is 6.33. The van der Waals surface area contributed by atoms with Crippen molar-refractivity contribution in [3.05, 3.63) is 113 Å². The molecule has 0 fully saturated rings. The summed E-state index contributed by atoms with van der Waals surface area (Å²) in [7, 11) is 0. The second kappa shape index (κ2) is 13.3. The molecule has 0 aliphatic rings. The lowest BCUT2D eigenvalue weighted by molar-refractivity contribution is 0.0523. The Labute approximate surface area is 225 Å². The summed E-state index contributed by atoms with van der Waals surface area (Å²) >= 11 is 0. The molecule has 3 aromatic carbocycles. The van der Waals surface area contributed by atoms with Crippen LogP contribution in [0.2, 0.25) is 0 Å². The van der Waals surface area contributed by atoms with Crippen LogP contribution in [0.3, 0.4) is 0 Å². The van der Waals surface area contributed by atoms with Crippen LogP contribution in [-0.4, -0.2) is 22.9 Å². The minimum absolute atomic E-state index is 0.218. The summed E-state index contributed by atoms with van der Waals surface area (Å²) in [6.07, 6.45) is 5.67. The fourth-order valence-corrected chi connectivity index (χ4v) is 4.41. The number of hydrogen-bond acceptors (Lipinski definition) is 3. The SMILES string of the molecule is CCCCCCC#Cc1ccc(-n2c(-c3ccccc3)cc(C(=O)OCC)c2C(=O)c2ccccc2)cc1. The Kier molecular flexibility index (Phi) is 9.32. The molecule has 192 valence electrons. The van der Waals surface area contributed by atoms with Gasteiger partial charge in [-0.25, -0.2) is 4.79 Å². The largest absolute Gasteiger partial charge is 0.462 e. The monoisotopic (exact) mass is 503 g/mol. The van der Waals surface area contributed by atoms with Crippen LogP contribution in [0.15, 0.2) is 91.0 Å². The second-order valence-corrected chi connectivity index (χ2v) is 9.07. The normalized spacial score (nSPS) is 10.5. The molecule has 0 amide bonds. The maximum absolute atomic E-state index is 13.9. The molecule has 38 heavy (non-hydrogen) atoms. The van der Waals surface area contributed by atoms with Crippen molar-refractivity contribution in [2.45, 2.75) is 46.0 Å². The van der Waals surface area contributed by atoms with Crippen LogP contribution in [0, 0.1) is 11.8 Å². The van der Waals surface area contributed by atoms with E-state index in [0.29, 0.717) is 5.56 Å². The highest BCUT2D eigenvalue weighted by Crippen LogP contribution is 2.32. The number of ether oxygens (including phenoxy) is 1. The van der Waals surface area contributed by atoms with Crippen molar-refractivity contribution < 1.29 is 14.3 Å². The molecule has 0 atom stereocenters. The number of hydrogen-bond donors (Lipinski definition) is 0. The number of ketones is 1. The molecule has 0 saturated carbocycles. The van der Waals surface area contributed by atoms with Crippen LogP contribution < -0.4 is 0 Å². The van der Waals surface area contributed by atoms with Crippen molar-refractivity contribution in [1.29, 1.82) is 0 Å². The van der Waals surface area contributed by atoms with Crippen molar-refractivity contribution in [2.24, 2.45) is 0 Å². The molecule has 0 radical (unpaired) electrons. The zero-order valence-electron chi connectivity index (χ0n) is 22.1. The molecule has 0 bridgehead atoms. The van der Waals surface area contributed by atoms with Gasteiger partial charge in [-0.15, -0.1) is 0 Å². The molecular formula is C34H33NO3. The van der Waals surface area contributed by atoms with Gasteiger partial charge in [0.15, 0.2) is 0 Å². The molecule has 0 unspecified atom stereocenters. The van der Waals surface area contributed by atoms with Crippen molar-refractivity contribution in [2.75, 3.05) is 6.61 Å². The van der Waals surface area contributed by atoms with E-state index < -0.39 is 5.97 Å². The van der Waals surface area contributed by atoms with E-state index in [0.717, 1.165) is 35.3 Å². The fraction of sp³-hybridized carbons (Fsp3) is 0.235. The van der Waals surface area contributed by atoms with E-state index in [2.05, 4.69) is 18.8 Å². The molecule has 4 nitrogen and oxygen atoms in total. The summed E-state index contributed by atoms with van der Waals surface area (Å²) in [4.78, 5) is 27.0. The van der Waals surface area contributed by atoms with Gasteiger partial charge in [0.05, 0.1) is 17.9 Å². The van der Waals surface area contributed by atoms with Crippen molar-refractivity contribution >= 4 is 11.8 Å². The van der Waals surface area contributed by atoms with E-state index in [1.165, 1.54) is 19.3 Å². The third-order valence-corrected chi connectivity index (χ3v) is 6.33. The van der Waals surface area contributed by atoms with Crippen LogP contribution in [0.25, 0.3) is 16.9 Å². The second-order valence-electron chi connectivity index (χ2n) is 9.07. The van der Waals surface area contributed by atoms with Crippen LogP contribution in [0.5, 0.6) is 0 Å². The van der Waals surface area contributed by atoms with Crippen molar-refractivity contribution in [1.82, 2.24) is 4.57 Å². The van der Waals surface area contributed by atoms with E-state index in [1.54, 1.807) is 25.1 Å². The Morgan fingerprint density at radius 2 is 1.50 bits per heavy atom. The standard InChI is InChI=1S/C34H33NO3/c1-3-5-6-7-8-11-16-26-21-23-29(24-22-26)35-31(27-17-12-9-13-18-27)25-30(34(37)38-4-2)32(35)33(36)28-19-14-10-15-20-28/h9-10,12-15,17-25H,3-8H2,1-2H3. The summed E-state index contributed by atoms with van der Waals surface area (Å²) in [5.74, 6) is 5.75. The summed E-state index contributed by atoms with van der Waals surface area (Å²) in [6, 6.07) is 28.4. The third kappa shape index (κ3) is 6.30. The number of aromatic nitrogens is 1. The highest BCUT2D eigenvalue weighted by molar-refractivity contribution is 6.15. The van der Waals surface area contributed by atoms with Gasteiger partial charge >= 0.3 is 5.97 Å². The summed E-state index contributed by atoms with van der Waals surface area (Å²) < 4.78 is 7.23. The van der Waals surface area contributed by atoms with Gasteiger partial charge in [0.2, 0.25) is 5.78 Å². The van der Waals surface area contributed by atoms with E-state index in [1.807, 2.05) is 77.4 Å². The molecule has 1 heterocycles. The van der Waals surface area contributed by atoms with Crippen LogP contribution in [-0.2, 0) is 4.74 Å². The lowest BCUT2D eigenvalue weighted by Gasteiger charge is -2.14. The Morgan fingerprint density at radius 1 is 0.816 bits per heavy atom. The summed E-state index contributed by atoms with van der Waals surface area (Å²) in [5, 5.41) is 0. The number of benzene rings is 3. The first-order valence-corrected chi connectivity index (χ1v) is 13.3. The number of unbranched alkanes of at least 4 members (excludes halogenated alkanes) is 4. The predicted molar refractivity (Wildman–Crippen MR) is 153 cm³/mol. The Bertz CT molecular complexity index is 1420. The molecule has 4 heteroatoms. The predicted octanol–water partition coefficient (Wildman–Crippen LogP) is 7.87. The molecule has 0 spiro atoms. The highest BCUT2D eigenvalue weighted by atomic mass is 16.5. The topological polar surface area (TPSA) is 48.3 Å². The van der Waals surface area contributed by atoms with Gasteiger partial charge in [0.25, 0.3) is 0 Å². The zero-order valence-corrected chi connectivity index (χ0v) is 22.1. The quantitative estimate of drug-likeness (QED) is 0.0957. The zero-order chi connectivity index (χ0) is 26.7. The molecule has 4 aromatic rings. The average molecular weight is 504 g/mol. The number of rotatable bonds is 10. The van der Waals surface area contributed by atoms with Crippen LogP contribution >= 0.6 is 0 Å². The molecular weight excluding hydrogens is 470 g/mol. The minimum atomic E-state index is -0.520. The smallest absolute Gasteiger partial charge is 0.340 e. The molecule has 0 saturated heterocycles. The Morgan fingerprint density at radius 3 is 2.16 bits per heavy atom. The molecule has 4 rings (SSSR count). The summed E-state index contributed by atoms with van der Waals surface area (Å²) in [6.45, 7) is 4.18. The maximum atomic E-state index is 13.9. The Balaban J connectivity index is 1.82. The molecule has 1 aromatic heterocycles. The molecule has 0 aliphatic heterocycles. The number of carbonyl (C=O) groups is 2. The lowest BCUT2D eigenvalue weighted by atomic mass is 10.0. The maximum Gasteiger partial charge on any atom is 0.340 e. The first-order valence-electron chi connectivity index (χ1n) is 13.3. The van der Waals surface area contributed by atoms with E-state index in [-0.39, 0.29) is 23.6 Å². The average Bonchev–Trinajstić information content (AvgIpc) is 3.37. The van der Waals surface area contributed by atoms with Gasteiger partial charge in [-0.3, -0.25) is 4.79 Å². The van der Waals surface area contributed by atoms with Crippen molar-refractivity contribution in [3.63, 3.8) is 0 Å². The van der Waals surface area contributed by atoms with Gasteiger partial charge in [-0.2, -0.15) is 0 Å². The van der Waals surface area contributed by atoms with E-state index in [4.69, 9.17) is 4.74 Å². The summed E-state index contributed by atoms with van der Waals surface area (Å²) in [5.41, 5.74) is 4.34.